The van der Waals surface area contributed by atoms with Gasteiger partial charge in [0, 0.05) is 25.2 Å². The molecule has 14 heavy (non-hydrogen) atoms. The molecular formula is C10H15ClN2O. The Balaban J connectivity index is 2.37. The summed E-state index contributed by atoms with van der Waals surface area (Å²) in [7, 11) is 1.93. The first kappa shape index (κ1) is 11.4. The molecule has 1 heterocycles. The third-order valence-electron chi connectivity index (χ3n) is 1.86. The van der Waals surface area contributed by atoms with Crippen molar-refractivity contribution in [2.45, 2.75) is 12.6 Å². The number of pyridine rings is 1. The summed E-state index contributed by atoms with van der Waals surface area (Å²) in [5.41, 5.74) is 0.997. The molecule has 0 aliphatic carbocycles. The van der Waals surface area contributed by atoms with Gasteiger partial charge in [-0.15, -0.1) is 11.6 Å². The van der Waals surface area contributed by atoms with E-state index >= 15 is 0 Å². The third kappa shape index (κ3) is 4.05. The molecule has 0 bridgehead atoms. The molecule has 0 fully saturated rings. The molecule has 0 radical (unpaired) electrons. The molecule has 0 spiro atoms. The van der Waals surface area contributed by atoms with E-state index in [-0.39, 0.29) is 5.88 Å². The van der Waals surface area contributed by atoms with Gasteiger partial charge in [0.1, 0.15) is 0 Å². The summed E-state index contributed by atoms with van der Waals surface area (Å²) >= 11 is 5.51. The zero-order chi connectivity index (χ0) is 10.4. The molecule has 0 aromatic carbocycles. The minimum Gasteiger partial charge on any atom is -0.391 e. The summed E-state index contributed by atoms with van der Waals surface area (Å²) in [6.07, 6.45) is 1.30. The van der Waals surface area contributed by atoms with E-state index in [2.05, 4.69) is 4.98 Å². The maximum atomic E-state index is 9.31. The molecule has 1 N–H and O–H groups in total. The molecule has 1 aromatic heterocycles. The number of halogens is 1. The Morgan fingerprint density at radius 1 is 1.57 bits per heavy atom. The van der Waals surface area contributed by atoms with Crippen LogP contribution in [0.15, 0.2) is 24.4 Å². The van der Waals surface area contributed by atoms with Crippen molar-refractivity contribution < 1.29 is 5.11 Å². The third-order valence-corrected chi connectivity index (χ3v) is 2.21. The van der Waals surface area contributed by atoms with Gasteiger partial charge in [0.15, 0.2) is 0 Å². The molecule has 0 aliphatic heterocycles. The van der Waals surface area contributed by atoms with Crippen LogP contribution in [-0.4, -0.2) is 40.6 Å². The monoisotopic (exact) mass is 214 g/mol. The second-order valence-electron chi connectivity index (χ2n) is 3.33. The first-order valence-electron chi connectivity index (χ1n) is 4.55. The van der Waals surface area contributed by atoms with Crippen LogP contribution in [0.5, 0.6) is 0 Å². The van der Waals surface area contributed by atoms with Crippen LogP contribution in [0.3, 0.4) is 0 Å². The minimum atomic E-state index is -0.467. The van der Waals surface area contributed by atoms with Crippen LogP contribution < -0.4 is 0 Å². The van der Waals surface area contributed by atoms with E-state index < -0.39 is 6.10 Å². The van der Waals surface area contributed by atoms with E-state index in [4.69, 9.17) is 11.6 Å². The lowest BCUT2D eigenvalue weighted by Gasteiger charge is -2.18. The van der Waals surface area contributed by atoms with Crippen molar-refractivity contribution in [2.24, 2.45) is 0 Å². The predicted molar refractivity (Wildman–Crippen MR) is 57.3 cm³/mol. The van der Waals surface area contributed by atoms with E-state index in [1.807, 2.05) is 30.1 Å². The van der Waals surface area contributed by atoms with Crippen molar-refractivity contribution >= 4 is 11.6 Å². The molecule has 1 rings (SSSR count). The Hall–Kier alpha value is -0.640. The molecule has 1 unspecified atom stereocenters. The van der Waals surface area contributed by atoms with Gasteiger partial charge in [-0.05, 0) is 19.2 Å². The highest BCUT2D eigenvalue weighted by Gasteiger charge is 2.07. The van der Waals surface area contributed by atoms with Crippen LogP contribution in [-0.2, 0) is 6.54 Å². The lowest BCUT2D eigenvalue weighted by molar-refractivity contribution is 0.140. The fourth-order valence-electron chi connectivity index (χ4n) is 1.24. The number of likely N-dealkylation sites (N-methyl/N-ethyl adjacent to an activating group) is 1. The normalized spacial score (nSPS) is 13.1. The van der Waals surface area contributed by atoms with Crippen molar-refractivity contribution in [1.82, 2.24) is 9.88 Å². The lowest BCUT2D eigenvalue weighted by atomic mass is 10.3. The highest BCUT2D eigenvalue weighted by atomic mass is 35.5. The van der Waals surface area contributed by atoms with Gasteiger partial charge < -0.3 is 5.11 Å². The van der Waals surface area contributed by atoms with Crippen molar-refractivity contribution in [2.75, 3.05) is 19.5 Å². The predicted octanol–water partition coefficient (Wildman–Crippen LogP) is 1.11. The number of hydrogen-bond donors (Lipinski definition) is 1. The van der Waals surface area contributed by atoms with E-state index in [9.17, 15) is 5.11 Å². The Bertz CT molecular complexity index is 256. The quantitative estimate of drug-likeness (QED) is 0.747. The SMILES string of the molecule is CN(Cc1ccccn1)CC(O)CCl. The van der Waals surface area contributed by atoms with Gasteiger partial charge in [-0.2, -0.15) is 0 Å². The highest BCUT2D eigenvalue weighted by molar-refractivity contribution is 6.18. The number of aromatic nitrogens is 1. The molecule has 1 aromatic rings. The van der Waals surface area contributed by atoms with E-state index in [0.717, 1.165) is 12.2 Å². The van der Waals surface area contributed by atoms with E-state index in [1.54, 1.807) is 6.20 Å². The molecule has 1 atom stereocenters. The summed E-state index contributed by atoms with van der Waals surface area (Å²) in [4.78, 5) is 6.19. The van der Waals surface area contributed by atoms with Crippen molar-refractivity contribution in [1.29, 1.82) is 0 Å². The van der Waals surface area contributed by atoms with Gasteiger partial charge in [-0.25, -0.2) is 0 Å². The van der Waals surface area contributed by atoms with E-state index in [1.165, 1.54) is 0 Å². The van der Waals surface area contributed by atoms with Gasteiger partial charge in [0.05, 0.1) is 11.8 Å². The Labute approximate surface area is 89.3 Å². The summed E-state index contributed by atoms with van der Waals surface area (Å²) in [5.74, 6) is 0.270. The van der Waals surface area contributed by atoms with Gasteiger partial charge >= 0.3 is 0 Å². The molecule has 4 heteroatoms. The minimum absolute atomic E-state index is 0.270. The highest BCUT2D eigenvalue weighted by Crippen LogP contribution is 2.00. The molecule has 0 amide bonds. The zero-order valence-electron chi connectivity index (χ0n) is 8.23. The van der Waals surface area contributed by atoms with Gasteiger partial charge in [-0.1, -0.05) is 6.07 Å². The van der Waals surface area contributed by atoms with Crippen LogP contribution in [0.25, 0.3) is 0 Å². The number of hydrogen-bond acceptors (Lipinski definition) is 3. The summed E-state index contributed by atoms with van der Waals surface area (Å²) in [5, 5.41) is 9.31. The number of nitrogens with zero attached hydrogens (tertiary/aromatic N) is 2. The van der Waals surface area contributed by atoms with Crippen LogP contribution in [0.4, 0.5) is 0 Å². The van der Waals surface area contributed by atoms with Crippen molar-refractivity contribution in [3.05, 3.63) is 30.1 Å². The van der Waals surface area contributed by atoms with Gasteiger partial charge in [-0.3, -0.25) is 9.88 Å². The smallest absolute Gasteiger partial charge is 0.0802 e. The fraction of sp³-hybridized carbons (Fsp3) is 0.500. The molecule has 0 aliphatic rings. The van der Waals surface area contributed by atoms with Crippen LogP contribution in [0.1, 0.15) is 5.69 Å². The summed E-state index contributed by atoms with van der Waals surface area (Å²) < 4.78 is 0. The Kier molecular flexibility index (Phi) is 4.87. The molecule has 0 saturated heterocycles. The topological polar surface area (TPSA) is 36.4 Å². The molecule has 3 nitrogen and oxygen atoms in total. The summed E-state index contributed by atoms with van der Waals surface area (Å²) in [6.45, 7) is 1.30. The molecular weight excluding hydrogens is 200 g/mol. The average molecular weight is 215 g/mol. The molecule has 78 valence electrons. The van der Waals surface area contributed by atoms with Crippen LogP contribution >= 0.6 is 11.6 Å². The average Bonchev–Trinajstić information content (AvgIpc) is 2.19. The van der Waals surface area contributed by atoms with Gasteiger partial charge in [0.25, 0.3) is 0 Å². The second kappa shape index (κ2) is 5.96. The maximum Gasteiger partial charge on any atom is 0.0802 e. The van der Waals surface area contributed by atoms with E-state index in [0.29, 0.717) is 6.54 Å². The zero-order valence-corrected chi connectivity index (χ0v) is 8.98. The van der Waals surface area contributed by atoms with Crippen molar-refractivity contribution in [3.8, 4) is 0 Å². The first-order chi connectivity index (χ1) is 6.72. The number of aliphatic hydroxyl groups is 1. The molecule has 0 saturated carbocycles. The Morgan fingerprint density at radius 2 is 2.36 bits per heavy atom. The van der Waals surface area contributed by atoms with Crippen molar-refractivity contribution in [3.63, 3.8) is 0 Å². The number of rotatable bonds is 5. The standard InChI is InChI=1S/C10H15ClN2O/c1-13(8-10(14)6-11)7-9-4-2-3-5-12-9/h2-5,10,14H,6-8H2,1H3. The first-order valence-corrected chi connectivity index (χ1v) is 5.08. The lowest BCUT2D eigenvalue weighted by Crippen LogP contribution is -2.29. The Morgan fingerprint density at radius 3 is 2.93 bits per heavy atom. The number of aliphatic hydroxyl groups excluding tert-OH is 1. The largest absolute Gasteiger partial charge is 0.391 e. The maximum absolute atomic E-state index is 9.31. The van der Waals surface area contributed by atoms with Gasteiger partial charge in [0.2, 0.25) is 0 Å². The summed E-state index contributed by atoms with van der Waals surface area (Å²) in [6, 6.07) is 5.80. The fourth-order valence-corrected chi connectivity index (χ4v) is 1.34. The second-order valence-corrected chi connectivity index (χ2v) is 3.63. The van der Waals surface area contributed by atoms with Crippen LogP contribution in [0.2, 0.25) is 0 Å². The van der Waals surface area contributed by atoms with Crippen LogP contribution in [0, 0.1) is 0 Å². The number of alkyl halides is 1.